The fraction of sp³-hybridized carbons (Fsp3) is 0.526. The number of likely N-dealkylation sites (tertiary alicyclic amines) is 1. The number of rotatable bonds is 4. The van der Waals surface area contributed by atoms with Crippen molar-refractivity contribution in [1.29, 1.82) is 0 Å². The number of amides is 2. The highest BCUT2D eigenvalue weighted by atomic mass is 35.5. The molecule has 31 heavy (non-hydrogen) atoms. The van der Waals surface area contributed by atoms with Crippen LogP contribution in [0.5, 0.6) is 5.75 Å². The first-order chi connectivity index (χ1) is 14.7. The molecule has 0 aliphatic carbocycles. The van der Waals surface area contributed by atoms with E-state index >= 15 is 0 Å². The minimum absolute atomic E-state index is 0.0288. The third-order valence-corrected chi connectivity index (χ3v) is 5.80. The van der Waals surface area contributed by atoms with Crippen LogP contribution in [0.2, 0.25) is 5.15 Å². The van der Waals surface area contributed by atoms with Crippen LogP contribution in [0.4, 0.5) is 18.0 Å². The summed E-state index contributed by atoms with van der Waals surface area (Å²) in [6.07, 6.45) is -2.71. The lowest BCUT2D eigenvalue weighted by Gasteiger charge is -2.35. The van der Waals surface area contributed by atoms with Gasteiger partial charge in [0.15, 0.2) is 11.3 Å². The van der Waals surface area contributed by atoms with Crippen LogP contribution in [-0.2, 0) is 10.9 Å². The molecule has 4 rings (SSSR count). The van der Waals surface area contributed by atoms with E-state index in [1.165, 1.54) is 11.1 Å². The van der Waals surface area contributed by atoms with E-state index in [9.17, 15) is 22.8 Å². The Morgan fingerprint density at radius 3 is 2.61 bits per heavy atom. The summed E-state index contributed by atoms with van der Waals surface area (Å²) in [5.74, 6) is -0.582. The van der Waals surface area contributed by atoms with Crippen LogP contribution < -0.4 is 4.74 Å². The zero-order valence-electron chi connectivity index (χ0n) is 16.6. The maximum absolute atomic E-state index is 13.6. The van der Waals surface area contributed by atoms with E-state index in [-0.39, 0.29) is 35.3 Å². The zero-order chi connectivity index (χ0) is 22.3. The number of aromatic nitrogens is 2. The van der Waals surface area contributed by atoms with Crippen LogP contribution in [-0.4, -0.2) is 70.1 Å². The van der Waals surface area contributed by atoms with E-state index in [2.05, 4.69) is 4.98 Å². The lowest BCUT2D eigenvalue weighted by atomic mass is 10.0. The van der Waals surface area contributed by atoms with E-state index in [0.29, 0.717) is 39.1 Å². The Bertz CT molecular complexity index is 1020. The highest BCUT2D eigenvalue weighted by Gasteiger charge is 2.38. The van der Waals surface area contributed by atoms with Crippen LogP contribution in [0.1, 0.15) is 35.8 Å². The molecule has 2 saturated heterocycles. The van der Waals surface area contributed by atoms with Gasteiger partial charge >= 0.3 is 12.3 Å². The lowest BCUT2D eigenvalue weighted by molar-refractivity contribution is -0.136. The SMILES string of the molecule is CCOc1cc(C(F)(F)F)c2nc(C(=O)N3CCC(N4CCOC4=O)CC3)c(Cl)n2c1. The summed E-state index contributed by atoms with van der Waals surface area (Å²) in [4.78, 5) is 31.8. The predicted octanol–water partition coefficient (Wildman–Crippen LogP) is 3.46. The van der Waals surface area contributed by atoms with Gasteiger partial charge in [-0.25, -0.2) is 9.78 Å². The van der Waals surface area contributed by atoms with Crippen molar-refractivity contribution in [2.45, 2.75) is 32.0 Å². The molecule has 0 radical (unpaired) electrons. The summed E-state index contributed by atoms with van der Waals surface area (Å²) in [7, 11) is 0. The number of nitrogens with zero attached hydrogens (tertiary/aromatic N) is 4. The Balaban J connectivity index is 1.60. The Kier molecular flexibility index (Phi) is 5.63. The van der Waals surface area contributed by atoms with Gasteiger partial charge in [0, 0.05) is 19.1 Å². The van der Waals surface area contributed by atoms with Crippen molar-refractivity contribution in [1.82, 2.24) is 19.2 Å². The van der Waals surface area contributed by atoms with Gasteiger partial charge in [0.2, 0.25) is 0 Å². The Morgan fingerprint density at radius 2 is 2.03 bits per heavy atom. The van der Waals surface area contributed by atoms with E-state index in [1.54, 1.807) is 11.8 Å². The van der Waals surface area contributed by atoms with Gasteiger partial charge < -0.3 is 19.3 Å². The average Bonchev–Trinajstić information content (AvgIpc) is 3.30. The van der Waals surface area contributed by atoms with Crippen molar-refractivity contribution in [2.24, 2.45) is 0 Å². The minimum Gasteiger partial charge on any atom is -0.492 e. The number of pyridine rings is 1. The van der Waals surface area contributed by atoms with Gasteiger partial charge in [-0.3, -0.25) is 9.20 Å². The molecule has 4 heterocycles. The predicted molar refractivity (Wildman–Crippen MR) is 103 cm³/mol. The summed E-state index contributed by atoms with van der Waals surface area (Å²) in [6.45, 7) is 3.33. The van der Waals surface area contributed by atoms with Crippen LogP contribution >= 0.6 is 11.6 Å². The van der Waals surface area contributed by atoms with Gasteiger partial charge in [-0.15, -0.1) is 0 Å². The summed E-state index contributed by atoms with van der Waals surface area (Å²) in [5.41, 5.74) is -1.75. The molecule has 2 amide bonds. The molecule has 168 valence electrons. The molecule has 0 aromatic carbocycles. The van der Waals surface area contributed by atoms with Crippen LogP contribution in [0.3, 0.4) is 0 Å². The van der Waals surface area contributed by atoms with Gasteiger partial charge in [-0.2, -0.15) is 13.2 Å². The fourth-order valence-corrected chi connectivity index (χ4v) is 4.20. The number of carbonyl (C=O) groups excluding carboxylic acids is 2. The second-order valence-electron chi connectivity index (χ2n) is 7.30. The third-order valence-electron chi connectivity index (χ3n) is 5.44. The summed E-state index contributed by atoms with van der Waals surface area (Å²) < 4.78 is 51.9. The van der Waals surface area contributed by atoms with Gasteiger partial charge in [0.05, 0.1) is 19.3 Å². The van der Waals surface area contributed by atoms with Gasteiger partial charge in [-0.1, -0.05) is 11.6 Å². The van der Waals surface area contributed by atoms with E-state index in [1.807, 2.05) is 0 Å². The number of piperidine rings is 1. The number of ether oxygens (including phenoxy) is 2. The molecule has 0 saturated carbocycles. The molecule has 0 bridgehead atoms. The molecule has 0 N–H and O–H groups in total. The molecular formula is C19H20ClF3N4O4. The second kappa shape index (κ2) is 8.10. The molecule has 0 spiro atoms. The molecule has 12 heteroatoms. The first-order valence-electron chi connectivity index (χ1n) is 9.85. The third kappa shape index (κ3) is 3.98. The normalized spacial score (nSPS) is 18.0. The summed E-state index contributed by atoms with van der Waals surface area (Å²) in [5, 5.41) is -0.211. The summed E-state index contributed by atoms with van der Waals surface area (Å²) >= 11 is 6.28. The minimum atomic E-state index is -4.70. The van der Waals surface area contributed by atoms with Gasteiger partial charge in [0.25, 0.3) is 5.91 Å². The quantitative estimate of drug-likeness (QED) is 0.698. The number of alkyl halides is 3. The number of hydrogen-bond acceptors (Lipinski definition) is 5. The number of carbonyl (C=O) groups is 2. The van der Waals surface area contributed by atoms with Crippen LogP contribution in [0.25, 0.3) is 5.65 Å². The molecule has 2 aliphatic rings. The van der Waals surface area contributed by atoms with Crippen molar-refractivity contribution in [2.75, 3.05) is 32.8 Å². The molecule has 2 aliphatic heterocycles. The highest BCUT2D eigenvalue weighted by Crippen LogP contribution is 2.36. The average molecular weight is 461 g/mol. The topological polar surface area (TPSA) is 76.4 Å². The van der Waals surface area contributed by atoms with E-state index < -0.39 is 23.3 Å². The molecule has 2 aromatic rings. The Labute approximate surface area is 180 Å². The number of hydrogen-bond donors (Lipinski definition) is 0. The number of imidazole rings is 1. The van der Waals surface area contributed by atoms with E-state index in [0.717, 1.165) is 10.5 Å². The number of fused-ring (bicyclic) bond motifs is 1. The molecule has 8 nitrogen and oxygen atoms in total. The van der Waals surface area contributed by atoms with Crippen LogP contribution in [0, 0.1) is 0 Å². The van der Waals surface area contributed by atoms with Gasteiger partial charge in [-0.05, 0) is 25.8 Å². The number of cyclic esters (lactones) is 1. The molecular weight excluding hydrogens is 441 g/mol. The molecule has 2 fully saturated rings. The maximum Gasteiger partial charge on any atom is 0.420 e. The molecule has 2 aromatic heterocycles. The van der Waals surface area contributed by atoms with Crippen molar-refractivity contribution < 1.29 is 32.2 Å². The van der Waals surface area contributed by atoms with Crippen molar-refractivity contribution in [3.63, 3.8) is 0 Å². The largest absolute Gasteiger partial charge is 0.492 e. The standard InChI is InChI=1S/C19H20ClF3N4O4/c1-2-30-12-9-13(19(21,22)23)16-24-14(15(20)27(16)10-12)17(28)25-5-3-11(4-6-25)26-7-8-31-18(26)29/h9-11H,2-8H2,1H3. The van der Waals surface area contributed by atoms with Crippen LogP contribution in [0.15, 0.2) is 12.3 Å². The molecule has 0 unspecified atom stereocenters. The van der Waals surface area contributed by atoms with E-state index in [4.69, 9.17) is 21.1 Å². The van der Waals surface area contributed by atoms with Crippen molar-refractivity contribution in [3.8, 4) is 5.75 Å². The Morgan fingerprint density at radius 1 is 1.32 bits per heavy atom. The second-order valence-corrected chi connectivity index (χ2v) is 7.65. The highest BCUT2D eigenvalue weighted by molar-refractivity contribution is 6.33. The fourth-order valence-electron chi connectivity index (χ4n) is 3.95. The molecule has 0 atom stereocenters. The smallest absolute Gasteiger partial charge is 0.420 e. The lowest BCUT2D eigenvalue weighted by Crippen LogP contribution is -2.47. The van der Waals surface area contributed by atoms with Crippen molar-refractivity contribution >= 4 is 29.2 Å². The number of halogens is 4. The first kappa shape index (κ1) is 21.5. The zero-order valence-corrected chi connectivity index (χ0v) is 17.4. The van der Waals surface area contributed by atoms with Crippen molar-refractivity contribution in [3.05, 3.63) is 28.7 Å². The Hall–Kier alpha value is -2.69. The maximum atomic E-state index is 13.6. The monoisotopic (exact) mass is 460 g/mol. The first-order valence-corrected chi connectivity index (χ1v) is 10.2. The van der Waals surface area contributed by atoms with Gasteiger partial charge in [0.1, 0.15) is 23.1 Å². The summed E-state index contributed by atoms with van der Waals surface area (Å²) in [6, 6.07) is 0.804.